The van der Waals surface area contributed by atoms with Gasteiger partial charge in [0.1, 0.15) is 0 Å². The van der Waals surface area contributed by atoms with Gasteiger partial charge in [-0.25, -0.2) is 0 Å². The number of likely N-dealkylation sites (tertiary alicyclic amines) is 1. The Morgan fingerprint density at radius 2 is 2.17 bits per heavy atom. The van der Waals surface area contributed by atoms with Gasteiger partial charge in [-0.1, -0.05) is 23.7 Å². The number of amides is 1. The van der Waals surface area contributed by atoms with Crippen LogP contribution in [0.1, 0.15) is 12.0 Å². The standard InChI is InChI=1S/C13H17ClN2OS/c14-11-3-1-10(2-4-11)8-18-9-13(17)16-6-5-12(15)7-16/h1-4,12H,5-9,15H2/t12-/m1/s1. The molecular weight excluding hydrogens is 268 g/mol. The first-order chi connectivity index (χ1) is 8.65. The maximum atomic E-state index is 11.9. The van der Waals surface area contributed by atoms with E-state index in [1.54, 1.807) is 11.8 Å². The zero-order valence-electron chi connectivity index (χ0n) is 10.1. The van der Waals surface area contributed by atoms with Gasteiger partial charge in [-0.05, 0) is 24.1 Å². The van der Waals surface area contributed by atoms with E-state index in [1.165, 1.54) is 5.56 Å². The molecule has 1 atom stereocenters. The third kappa shape index (κ3) is 3.90. The molecule has 1 fully saturated rings. The molecule has 3 nitrogen and oxygen atoms in total. The molecule has 0 radical (unpaired) electrons. The van der Waals surface area contributed by atoms with Crippen LogP contribution in [0.3, 0.4) is 0 Å². The third-order valence-corrected chi connectivity index (χ3v) is 4.23. The quantitative estimate of drug-likeness (QED) is 0.921. The zero-order chi connectivity index (χ0) is 13.0. The first-order valence-corrected chi connectivity index (χ1v) is 7.54. The van der Waals surface area contributed by atoms with Crippen LogP contribution in [0.4, 0.5) is 0 Å². The predicted molar refractivity (Wildman–Crippen MR) is 76.8 cm³/mol. The number of nitrogens with two attached hydrogens (primary N) is 1. The van der Waals surface area contributed by atoms with Crippen molar-refractivity contribution in [2.75, 3.05) is 18.8 Å². The average Bonchev–Trinajstić information content (AvgIpc) is 2.78. The monoisotopic (exact) mass is 284 g/mol. The minimum absolute atomic E-state index is 0.162. The second-order valence-corrected chi connectivity index (χ2v) is 5.93. The molecule has 18 heavy (non-hydrogen) atoms. The van der Waals surface area contributed by atoms with Gasteiger partial charge in [0, 0.05) is 29.9 Å². The molecule has 1 amide bonds. The number of nitrogens with zero attached hydrogens (tertiary/aromatic N) is 1. The fourth-order valence-corrected chi connectivity index (χ4v) is 2.96. The van der Waals surface area contributed by atoms with Crippen molar-refractivity contribution in [3.05, 3.63) is 34.9 Å². The Labute approximate surface area is 117 Å². The van der Waals surface area contributed by atoms with Crippen molar-refractivity contribution in [1.29, 1.82) is 0 Å². The van der Waals surface area contributed by atoms with Crippen LogP contribution in [0.25, 0.3) is 0 Å². The van der Waals surface area contributed by atoms with Gasteiger partial charge in [-0.3, -0.25) is 4.79 Å². The molecule has 0 spiro atoms. The van der Waals surface area contributed by atoms with Crippen LogP contribution in [-0.4, -0.2) is 35.7 Å². The van der Waals surface area contributed by atoms with Crippen LogP contribution in [0.5, 0.6) is 0 Å². The van der Waals surface area contributed by atoms with E-state index < -0.39 is 0 Å². The molecular formula is C13H17ClN2OS. The lowest BCUT2D eigenvalue weighted by atomic mass is 10.2. The molecule has 1 aromatic rings. The summed E-state index contributed by atoms with van der Waals surface area (Å²) in [7, 11) is 0. The Kier molecular flexibility index (Phi) is 4.92. The van der Waals surface area contributed by atoms with E-state index in [-0.39, 0.29) is 11.9 Å². The minimum Gasteiger partial charge on any atom is -0.340 e. The SMILES string of the molecule is N[C@@H]1CCN(C(=O)CSCc2ccc(Cl)cc2)C1. The summed E-state index contributed by atoms with van der Waals surface area (Å²) < 4.78 is 0. The number of halogens is 1. The van der Waals surface area contributed by atoms with Crippen molar-refractivity contribution < 1.29 is 4.79 Å². The Morgan fingerprint density at radius 3 is 2.78 bits per heavy atom. The van der Waals surface area contributed by atoms with Crippen molar-refractivity contribution in [2.45, 2.75) is 18.2 Å². The minimum atomic E-state index is 0.162. The lowest BCUT2D eigenvalue weighted by Crippen LogP contribution is -2.33. The van der Waals surface area contributed by atoms with E-state index >= 15 is 0 Å². The summed E-state index contributed by atoms with van der Waals surface area (Å²) >= 11 is 7.45. The van der Waals surface area contributed by atoms with Crippen molar-refractivity contribution in [2.24, 2.45) is 5.73 Å². The third-order valence-electron chi connectivity index (χ3n) is 2.98. The molecule has 1 saturated heterocycles. The summed E-state index contributed by atoms with van der Waals surface area (Å²) in [5, 5.41) is 0.742. The molecule has 2 N–H and O–H groups in total. The fraction of sp³-hybridized carbons (Fsp3) is 0.462. The number of rotatable bonds is 4. The predicted octanol–water partition coefficient (Wildman–Crippen LogP) is 2.13. The fourth-order valence-electron chi connectivity index (χ4n) is 1.94. The van der Waals surface area contributed by atoms with Gasteiger partial charge in [0.15, 0.2) is 0 Å². The average molecular weight is 285 g/mol. The van der Waals surface area contributed by atoms with Crippen molar-refractivity contribution in [1.82, 2.24) is 4.90 Å². The molecule has 5 heteroatoms. The number of carbonyl (C=O) groups is 1. The van der Waals surface area contributed by atoms with Crippen LogP contribution in [0.2, 0.25) is 5.02 Å². The van der Waals surface area contributed by atoms with E-state index in [1.807, 2.05) is 29.2 Å². The summed E-state index contributed by atoms with van der Waals surface area (Å²) in [5.74, 6) is 1.56. The van der Waals surface area contributed by atoms with Gasteiger partial charge in [-0.2, -0.15) is 0 Å². The normalized spacial score (nSPS) is 19.2. The summed E-state index contributed by atoms with van der Waals surface area (Å²) in [5.41, 5.74) is 6.97. The molecule has 0 aliphatic carbocycles. The molecule has 0 unspecified atom stereocenters. The Hall–Kier alpha value is -0.710. The van der Waals surface area contributed by atoms with Crippen molar-refractivity contribution in [3.8, 4) is 0 Å². The van der Waals surface area contributed by atoms with E-state index in [9.17, 15) is 4.79 Å². The largest absolute Gasteiger partial charge is 0.340 e. The van der Waals surface area contributed by atoms with Crippen molar-refractivity contribution in [3.63, 3.8) is 0 Å². The smallest absolute Gasteiger partial charge is 0.232 e. The molecule has 2 rings (SSSR count). The Bertz CT molecular complexity index is 410. The first kappa shape index (κ1) is 13.7. The van der Waals surface area contributed by atoms with Gasteiger partial charge in [0.05, 0.1) is 5.75 Å². The highest BCUT2D eigenvalue weighted by molar-refractivity contribution is 7.99. The number of hydrogen-bond acceptors (Lipinski definition) is 3. The van der Waals surface area contributed by atoms with Crippen LogP contribution in [0, 0.1) is 0 Å². The Morgan fingerprint density at radius 1 is 1.44 bits per heavy atom. The first-order valence-electron chi connectivity index (χ1n) is 6.00. The van der Waals surface area contributed by atoms with Crippen LogP contribution in [0.15, 0.2) is 24.3 Å². The van der Waals surface area contributed by atoms with Gasteiger partial charge in [0.25, 0.3) is 0 Å². The maximum Gasteiger partial charge on any atom is 0.232 e. The number of benzene rings is 1. The summed E-state index contributed by atoms with van der Waals surface area (Å²) in [6, 6.07) is 7.89. The summed E-state index contributed by atoms with van der Waals surface area (Å²) in [6.45, 7) is 1.52. The highest BCUT2D eigenvalue weighted by Gasteiger charge is 2.22. The topological polar surface area (TPSA) is 46.3 Å². The van der Waals surface area contributed by atoms with E-state index in [2.05, 4.69) is 0 Å². The lowest BCUT2D eigenvalue weighted by Gasteiger charge is -2.15. The number of thioether (sulfide) groups is 1. The summed E-state index contributed by atoms with van der Waals surface area (Å²) in [6.07, 6.45) is 0.924. The second-order valence-electron chi connectivity index (χ2n) is 4.51. The lowest BCUT2D eigenvalue weighted by molar-refractivity contribution is -0.127. The van der Waals surface area contributed by atoms with Crippen LogP contribution in [-0.2, 0) is 10.5 Å². The molecule has 1 aliphatic heterocycles. The molecule has 1 aliphatic rings. The number of hydrogen-bond donors (Lipinski definition) is 1. The van der Waals surface area contributed by atoms with E-state index in [0.717, 1.165) is 23.7 Å². The number of carbonyl (C=O) groups excluding carboxylic acids is 1. The Balaban J connectivity index is 1.72. The molecule has 98 valence electrons. The molecule has 1 heterocycles. The summed E-state index contributed by atoms with van der Waals surface area (Å²) in [4.78, 5) is 13.7. The highest BCUT2D eigenvalue weighted by atomic mass is 35.5. The van der Waals surface area contributed by atoms with E-state index in [4.69, 9.17) is 17.3 Å². The molecule has 0 bridgehead atoms. The second kappa shape index (κ2) is 6.45. The van der Waals surface area contributed by atoms with Crippen LogP contribution >= 0.6 is 23.4 Å². The van der Waals surface area contributed by atoms with Gasteiger partial charge >= 0.3 is 0 Å². The van der Waals surface area contributed by atoms with Gasteiger partial charge in [-0.15, -0.1) is 11.8 Å². The van der Waals surface area contributed by atoms with Gasteiger partial charge in [0.2, 0.25) is 5.91 Å². The molecule has 1 aromatic carbocycles. The van der Waals surface area contributed by atoms with Crippen LogP contribution < -0.4 is 5.73 Å². The highest BCUT2D eigenvalue weighted by Crippen LogP contribution is 2.17. The van der Waals surface area contributed by atoms with E-state index in [0.29, 0.717) is 12.3 Å². The van der Waals surface area contributed by atoms with Gasteiger partial charge < -0.3 is 10.6 Å². The molecule has 0 saturated carbocycles. The maximum absolute atomic E-state index is 11.9. The van der Waals surface area contributed by atoms with Crippen molar-refractivity contribution >= 4 is 29.3 Å². The zero-order valence-corrected chi connectivity index (χ0v) is 11.7. The molecule has 0 aromatic heterocycles.